The first-order valence-corrected chi connectivity index (χ1v) is 8.82. The number of rotatable bonds is 6. The maximum Gasteiger partial charge on any atom is 0.316 e. The van der Waals surface area contributed by atoms with Gasteiger partial charge in [0, 0.05) is 17.1 Å². The smallest absolute Gasteiger partial charge is 0.316 e. The average Bonchev–Trinajstić information content (AvgIpc) is 2.63. The first kappa shape index (κ1) is 18.1. The minimum absolute atomic E-state index is 0.0802. The Morgan fingerprint density at radius 2 is 1.96 bits per heavy atom. The van der Waals surface area contributed by atoms with Crippen LogP contribution in [0.5, 0.6) is 0 Å². The summed E-state index contributed by atoms with van der Waals surface area (Å²) in [7, 11) is 0. The lowest BCUT2D eigenvalue weighted by atomic mass is 10.2. The van der Waals surface area contributed by atoms with Crippen molar-refractivity contribution in [3.05, 3.63) is 54.1 Å². The molecule has 0 spiro atoms. The molecule has 1 N–H and O–H groups in total. The Bertz CT molecular complexity index is 953. The van der Waals surface area contributed by atoms with E-state index < -0.39 is 11.6 Å². The largest absolute Gasteiger partial charge is 0.465 e. The summed E-state index contributed by atoms with van der Waals surface area (Å²) in [5.74, 6) is -1.71. The second kappa shape index (κ2) is 8.09. The molecule has 0 atom stereocenters. The number of fused-ring (bicyclic) bond motifs is 1. The van der Waals surface area contributed by atoms with Gasteiger partial charge in [0.1, 0.15) is 5.82 Å². The number of carbonyl (C=O) groups excluding carboxylic acids is 1. The Morgan fingerprint density at radius 3 is 2.73 bits per heavy atom. The molecule has 0 saturated carbocycles. The van der Waals surface area contributed by atoms with Crippen molar-refractivity contribution in [2.24, 2.45) is 0 Å². The van der Waals surface area contributed by atoms with Crippen molar-refractivity contribution in [3.8, 4) is 0 Å². The maximum absolute atomic E-state index is 13.5. The van der Waals surface area contributed by atoms with Crippen LogP contribution in [0.25, 0.3) is 10.9 Å². The van der Waals surface area contributed by atoms with Crippen LogP contribution in [0.15, 0.2) is 47.6 Å². The lowest BCUT2D eigenvalue weighted by Gasteiger charge is -2.11. The lowest BCUT2D eigenvalue weighted by molar-refractivity contribution is -0.139. The molecule has 1 aromatic heterocycles. The van der Waals surface area contributed by atoms with E-state index in [1.54, 1.807) is 6.92 Å². The third kappa shape index (κ3) is 4.26. The molecule has 8 heteroatoms. The molecule has 0 aliphatic carbocycles. The number of nitrogens with zero attached hydrogens (tertiary/aromatic N) is 2. The fourth-order valence-corrected chi connectivity index (χ4v) is 2.90. The van der Waals surface area contributed by atoms with Gasteiger partial charge in [0.25, 0.3) is 0 Å². The van der Waals surface area contributed by atoms with Gasteiger partial charge in [-0.15, -0.1) is 0 Å². The van der Waals surface area contributed by atoms with Gasteiger partial charge < -0.3 is 10.1 Å². The third-order valence-electron chi connectivity index (χ3n) is 3.39. The molecular weight excluding hydrogens is 360 g/mol. The number of benzene rings is 2. The van der Waals surface area contributed by atoms with Crippen LogP contribution in [0.2, 0.25) is 0 Å². The highest BCUT2D eigenvalue weighted by Crippen LogP contribution is 2.27. The molecule has 0 bridgehead atoms. The van der Waals surface area contributed by atoms with Crippen molar-refractivity contribution in [2.45, 2.75) is 12.1 Å². The first-order valence-electron chi connectivity index (χ1n) is 7.84. The minimum Gasteiger partial charge on any atom is -0.465 e. The molecule has 0 aliphatic heterocycles. The van der Waals surface area contributed by atoms with Crippen molar-refractivity contribution in [1.29, 1.82) is 0 Å². The molecule has 0 aliphatic rings. The Balaban J connectivity index is 1.91. The molecule has 5 nitrogen and oxygen atoms in total. The number of ether oxygens (including phenoxy) is 1. The quantitative estimate of drug-likeness (QED) is 0.394. The molecule has 26 heavy (non-hydrogen) atoms. The van der Waals surface area contributed by atoms with E-state index in [4.69, 9.17) is 4.74 Å². The summed E-state index contributed by atoms with van der Waals surface area (Å²) >= 11 is 1.14. The fraction of sp³-hybridized carbons (Fsp3) is 0.167. The number of para-hydroxylation sites is 1. The van der Waals surface area contributed by atoms with Crippen LogP contribution >= 0.6 is 11.8 Å². The lowest BCUT2D eigenvalue weighted by Crippen LogP contribution is -2.07. The Kier molecular flexibility index (Phi) is 5.62. The van der Waals surface area contributed by atoms with Crippen molar-refractivity contribution in [2.75, 3.05) is 17.7 Å². The van der Waals surface area contributed by atoms with E-state index in [1.165, 1.54) is 6.07 Å². The Hall–Kier alpha value is -2.74. The van der Waals surface area contributed by atoms with Crippen molar-refractivity contribution in [3.63, 3.8) is 0 Å². The second-order valence-corrected chi connectivity index (χ2v) is 6.16. The minimum atomic E-state index is -0.953. The summed E-state index contributed by atoms with van der Waals surface area (Å²) in [6.45, 7) is 2.04. The summed E-state index contributed by atoms with van der Waals surface area (Å²) < 4.78 is 31.5. The number of hydrogen-bond donors (Lipinski definition) is 1. The summed E-state index contributed by atoms with van der Waals surface area (Å²) in [6, 6.07) is 10.8. The predicted molar refractivity (Wildman–Crippen MR) is 96.5 cm³/mol. The highest BCUT2D eigenvalue weighted by atomic mass is 32.2. The number of halogens is 2. The van der Waals surface area contributed by atoms with Gasteiger partial charge in [0.15, 0.2) is 16.8 Å². The molecule has 0 radical (unpaired) electrons. The zero-order valence-electron chi connectivity index (χ0n) is 13.8. The van der Waals surface area contributed by atoms with Crippen LogP contribution in [-0.4, -0.2) is 28.3 Å². The van der Waals surface area contributed by atoms with Gasteiger partial charge in [-0.25, -0.2) is 18.7 Å². The molecule has 0 fully saturated rings. The standard InChI is InChI=1S/C18H15F2N3O2S/c1-2-25-16(24)10-26-18-22-15-6-4-3-5-12(15)17(23-18)21-11-7-8-13(19)14(20)9-11/h3-9H,2,10H2,1H3,(H,21,22,23). The molecule has 0 unspecified atom stereocenters. The van der Waals surface area contributed by atoms with Gasteiger partial charge >= 0.3 is 5.97 Å². The summed E-state index contributed by atoms with van der Waals surface area (Å²) in [5, 5.41) is 4.08. The van der Waals surface area contributed by atoms with Gasteiger partial charge in [0.05, 0.1) is 17.9 Å². The predicted octanol–water partition coefficient (Wildman–Crippen LogP) is 4.31. The van der Waals surface area contributed by atoms with Gasteiger partial charge in [-0.05, 0) is 31.2 Å². The van der Waals surface area contributed by atoms with Crippen LogP contribution in [0.3, 0.4) is 0 Å². The highest BCUT2D eigenvalue weighted by molar-refractivity contribution is 7.99. The van der Waals surface area contributed by atoms with Crippen LogP contribution in [0.1, 0.15) is 6.92 Å². The van der Waals surface area contributed by atoms with Crippen LogP contribution < -0.4 is 5.32 Å². The van der Waals surface area contributed by atoms with E-state index in [0.29, 0.717) is 28.8 Å². The topological polar surface area (TPSA) is 64.1 Å². The molecular formula is C18H15F2N3O2S. The molecule has 1 heterocycles. The van der Waals surface area contributed by atoms with E-state index in [0.717, 1.165) is 29.3 Å². The SMILES string of the molecule is CCOC(=O)CSc1nc(Nc2ccc(F)c(F)c2)c2ccccc2n1. The van der Waals surface area contributed by atoms with E-state index >= 15 is 0 Å². The number of carbonyl (C=O) groups is 1. The number of esters is 1. The van der Waals surface area contributed by atoms with Gasteiger partial charge in [-0.1, -0.05) is 23.9 Å². The molecule has 2 aromatic carbocycles. The van der Waals surface area contributed by atoms with Crippen LogP contribution in [0.4, 0.5) is 20.3 Å². The highest BCUT2D eigenvalue weighted by Gasteiger charge is 2.12. The van der Waals surface area contributed by atoms with Crippen molar-refractivity contribution in [1.82, 2.24) is 9.97 Å². The maximum atomic E-state index is 13.5. The average molecular weight is 375 g/mol. The Morgan fingerprint density at radius 1 is 1.15 bits per heavy atom. The molecule has 0 amide bonds. The van der Waals surface area contributed by atoms with E-state index in [1.807, 2.05) is 24.3 Å². The van der Waals surface area contributed by atoms with Gasteiger partial charge in [0.2, 0.25) is 0 Å². The zero-order valence-corrected chi connectivity index (χ0v) is 14.6. The monoisotopic (exact) mass is 375 g/mol. The number of anilines is 2. The number of nitrogens with one attached hydrogen (secondary N) is 1. The van der Waals surface area contributed by atoms with Crippen molar-refractivity contribution >= 4 is 40.1 Å². The number of aromatic nitrogens is 2. The first-order chi connectivity index (χ1) is 12.6. The number of thioether (sulfide) groups is 1. The van der Waals surface area contributed by atoms with E-state index in [-0.39, 0.29) is 11.7 Å². The fourth-order valence-electron chi connectivity index (χ4n) is 2.25. The van der Waals surface area contributed by atoms with E-state index in [2.05, 4.69) is 15.3 Å². The zero-order chi connectivity index (χ0) is 18.5. The molecule has 3 aromatic rings. The number of hydrogen-bond acceptors (Lipinski definition) is 6. The van der Waals surface area contributed by atoms with Crippen LogP contribution in [-0.2, 0) is 9.53 Å². The molecule has 0 saturated heterocycles. The molecule has 3 rings (SSSR count). The van der Waals surface area contributed by atoms with Gasteiger partial charge in [-0.3, -0.25) is 4.79 Å². The molecule has 134 valence electrons. The van der Waals surface area contributed by atoms with E-state index in [9.17, 15) is 13.6 Å². The summed E-state index contributed by atoms with van der Waals surface area (Å²) in [5.41, 5.74) is 1.02. The van der Waals surface area contributed by atoms with Gasteiger partial charge in [-0.2, -0.15) is 0 Å². The summed E-state index contributed by atoms with van der Waals surface area (Å²) in [4.78, 5) is 20.3. The van der Waals surface area contributed by atoms with Crippen molar-refractivity contribution < 1.29 is 18.3 Å². The Labute approximate surface area is 152 Å². The third-order valence-corrected chi connectivity index (χ3v) is 4.21. The van der Waals surface area contributed by atoms with Crippen LogP contribution in [0, 0.1) is 11.6 Å². The second-order valence-electron chi connectivity index (χ2n) is 5.22. The summed E-state index contributed by atoms with van der Waals surface area (Å²) in [6.07, 6.45) is 0. The normalized spacial score (nSPS) is 10.7.